The van der Waals surface area contributed by atoms with Crippen LogP contribution >= 0.6 is 0 Å². The summed E-state index contributed by atoms with van der Waals surface area (Å²) in [7, 11) is 1.84. The molecule has 1 aromatic heterocycles. The maximum absolute atomic E-state index is 12.4. The molecule has 108 valence electrons. The molecule has 0 aromatic carbocycles. The molecule has 1 aliphatic heterocycles. The van der Waals surface area contributed by atoms with Crippen LogP contribution in [0.25, 0.3) is 0 Å². The van der Waals surface area contributed by atoms with E-state index in [0.29, 0.717) is 18.3 Å². The third-order valence-electron chi connectivity index (χ3n) is 4.17. The summed E-state index contributed by atoms with van der Waals surface area (Å²) in [4.78, 5) is 25.1. The fourth-order valence-electron chi connectivity index (χ4n) is 2.75. The first kappa shape index (κ1) is 13.1. The highest BCUT2D eigenvalue weighted by Gasteiger charge is 2.41. The van der Waals surface area contributed by atoms with E-state index in [9.17, 15) is 4.79 Å². The van der Waals surface area contributed by atoms with Crippen molar-refractivity contribution in [3.8, 4) is 0 Å². The molecule has 1 saturated heterocycles. The third kappa shape index (κ3) is 2.09. The number of carbonyl (C=O) groups is 1. The van der Waals surface area contributed by atoms with Gasteiger partial charge in [0.05, 0.1) is 0 Å². The minimum absolute atomic E-state index is 0.105. The van der Waals surface area contributed by atoms with Gasteiger partial charge < -0.3 is 15.5 Å². The first-order valence-electron chi connectivity index (χ1n) is 7.07. The lowest BCUT2D eigenvalue weighted by molar-refractivity contribution is -0.136. The number of rotatable bonds is 2. The summed E-state index contributed by atoms with van der Waals surface area (Å²) in [5.41, 5.74) is 5.31. The quantitative estimate of drug-likeness (QED) is 0.871. The Kier molecular flexibility index (Phi) is 2.84. The van der Waals surface area contributed by atoms with Crippen molar-refractivity contribution in [3.63, 3.8) is 0 Å². The second-order valence-corrected chi connectivity index (χ2v) is 6.22. The van der Waals surface area contributed by atoms with Gasteiger partial charge in [-0.3, -0.25) is 4.79 Å². The van der Waals surface area contributed by atoms with Crippen LogP contribution in [-0.2, 0) is 4.79 Å². The fraction of sp³-hybridized carbons (Fsp3) is 0.643. The standard InChI is InChI=1S/C14H21N5O/c1-14(2)13(20)18(3)6-7-19(14)11-8-10(15)16-12(17-11)9-4-5-9/h8-9H,4-7H2,1-3H3,(H2,15,16,17). The summed E-state index contributed by atoms with van der Waals surface area (Å²) < 4.78 is 0. The molecular weight excluding hydrogens is 254 g/mol. The summed E-state index contributed by atoms with van der Waals surface area (Å²) in [6.45, 7) is 5.32. The average molecular weight is 275 g/mol. The number of nitrogens with two attached hydrogens (primary N) is 1. The van der Waals surface area contributed by atoms with Crippen LogP contribution in [0.3, 0.4) is 0 Å². The zero-order valence-corrected chi connectivity index (χ0v) is 12.3. The molecule has 0 unspecified atom stereocenters. The predicted molar refractivity (Wildman–Crippen MR) is 77.5 cm³/mol. The normalized spacial score (nSPS) is 22.2. The molecule has 3 rings (SSSR count). The maximum atomic E-state index is 12.4. The van der Waals surface area contributed by atoms with Gasteiger partial charge in [-0.15, -0.1) is 0 Å². The first-order valence-corrected chi connectivity index (χ1v) is 7.07. The molecule has 0 bridgehead atoms. The smallest absolute Gasteiger partial charge is 0.247 e. The monoisotopic (exact) mass is 275 g/mol. The minimum atomic E-state index is -0.603. The average Bonchev–Trinajstić information content (AvgIpc) is 3.19. The molecule has 6 nitrogen and oxygen atoms in total. The molecule has 2 heterocycles. The predicted octanol–water partition coefficient (Wildman–Crippen LogP) is 0.993. The number of nitrogen functional groups attached to an aromatic ring is 1. The van der Waals surface area contributed by atoms with Gasteiger partial charge in [0.1, 0.15) is 23.0 Å². The lowest BCUT2D eigenvalue weighted by Crippen LogP contribution is -2.62. The number of hydrogen-bond acceptors (Lipinski definition) is 5. The Bertz CT molecular complexity index is 552. The van der Waals surface area contributed by atoms with Gasteiger partial charge in [-0.1, -0.05) is 0 Å². The van der Waals surface area contributed by atoms with E-state index in [1.165, 1.54) is 0 Å². The van der Waals surface area contributed by atoms with Crippen LogP contribution in [0.1, 0.15) is 38.4 Å². The van der Waals surface area contributed by atoms with E-state index in [1.807, 2.05) is 25.8 Å². The Labute approximate surface area is 119 Å². The summed E-state index contributed by atoms with van der Waals surface area (Å²) in [6.07, 6.45) is 2.27. The highest BCUT2D eigenvalue weighted by atomic mass is 16.2. The van der Waals surface area contributed by atoms with Crippen molar-refractivity contribution in [2.24, 2.45) is 0 Å². The van der Waals surface area contributed by atoms with Gasteiger partial charge in [0.15, 0.2) is 0 Å². The summed E-state index contributed by atoms with van der Waals surface area (Å²) in [5.74, 6) is 2.63. The minimum Gasteiger partial charge on any atom is -0.384 e. The van der Waals surface area contributed by atoms with Gasteiger partial charge in [0.25, 0.3) is 0 Å². The Hall–Kier alpha value is -1.85. The number of amides is 1. The van der Waals surface area contributed by atoms with Crippen LogP contribution in [0.4, 0.5) is 11.6 Å². The third-order valence-corrected chi connectivity index (χ3v) is 4.17. The Morgan fingerprint density at radius 2 is 2.00 bits per heavy atom. The molecule has 0 atom stereocenters. The highest BCUT2D eigenvalue weighted by Crippen LogP contribution is 2.39. The first-order chi connectivity index (χ1) is 9.39. The summed E-state index contributed by atoms with van der Waals surface area (Å²) in [5, 5.41) is 0. The molecule has 2 N–H and O–H groups in total. The number of hydrogen-bond donors (Lipinski definition) is 1. The van der Waals surface area contributed by atoms with Crippen molar-refractivity contribution in [1.82, 2.24) is 14.9 Å². The SMILES string of the molecule is CN1CCN(c2cc(N)nc(C3CC3)n2)C(C)(C)C1=O. The lowest BCUT2D eigenvalue weighted by Gasteiger charge is -2.45. The zero-order chi connectivity index (χ0) is 14.5. The molecule has 2 fully saturated rings. The number of nitrogens with zero attached hydrogens (tertiary/aromatic N) is 4. The largest absolute Gasteiger partial charge is 0.384 e. The number of anilines is 2. The van der Waals surface area contributed by atoms with Gasteiger partial charge in [0.2, 0.25) is 5.91 Å². The van der Waals surface area contributed by atoms with E-state index in [1.54, 1.807) is 11.0 Å². The van der Waals surface area contributed by atoms with Crippen LogP contribution in [0.2, 0.25) is 0 Å². The van der Waals surface area contributed by atoms with Gasteiger partial charge in [0, 0.05) is 32.1 Å². The topological polar surface area (TPSA) is 75.3 Å². The molecule has 1 saturated carbocycles. The molecular formula is C14H21N5O. The second kappa shape index (κ2) is 4.33. The molecule has 0 spiro atoms. The Morgan fingerprint density at radius 3 is 2.65 bits per heavy atom. The van der Waals surface area contributed by atoms with Gasteiger partial charge >= 0.3 is 0 Å². The summed E-state index contributed by atoms with van der Waals surface area (Å²) >= 11 is 0. The van der Waals surface area contributed by atoms with Gasteiger partial charge in [-0.25, -0.2) is 9.97 Å². The zero-order valence-electron chi connectivity index (χ0n) is 12.3. The van der Waals surface area contributed by atoms with Gasteiger partial charge in [-0.05, 0) is 26.7 Å². The molecule has 1 aliphatic carbocycles. The Morgan fingerprint density at radius 1 is 1.30 bits per heavy atom. The number of piperazine rings is 1. The van der Waals surface area contributed by atoms with E-state index < -0.39 is 5.54 Å². The lowest BCUT2D eigenvalue weighted by atomic mass is 9.98. The molecule has 6 heteroatoms. The van der Waals surface area contributed by atoms with E-state index >= 15 is 0 Å². The number of aromatic nitrogens is 2. The van der Waals surface area contributed by atoms with Crippen molar-refractivity contribution in [1.29, 1.82) is 0 Å². The van der Waals surface area contributed by atoms with Crippen molar-refractivity contribution in [2.75, 3.05) is 30.8 Å². The maximum Gasteiger partial charge on any atom is 0.247 e. The van der Waals surface area contributed by atoms with E-state index in [2.05, 4.69) is 9.97 Å². The van der Waals surface area contributed by atoms with Crippen molar-refractivity contribution in [3.05, 3.63) is 11.9 Å². The molecule has 1 aromatic rings. The van der Waals surface area contributed by atoms with Crippen LogP contribution in [0.5, 0.6) is 0 Å². The van der Waals surface area contributed by atoms with E-state index in [-0.39, 0.29) is 5.91 Å². The van der Waals surface area contributed by atoms with Crippen LogP contribution < -0.4 is 10.6 Å². The molecule has 20 heavy (non-hydrogen) atoms. The summed E-state index contributed by atoms with van der Waals surface area (Å²) in [6, 6.07) is 1.77. The van der Waals surface area contributed by atoms with Crippen LogP contribution in [-0.4, -0.2) is 46.5 Å². The second-order valence-electron chi connectivity index (χ2n) is 6.22. The molecule has 2 aliphatic rings. The van der Waals surface area contributed by atoms with Crippen LogP contribution in [0.15, 0.2) is 6.07 Å². The molecule has 0 radical (unpaired) electrons. The van der Waals surface area contributed by atoms with Crippen LogP contribution in [0, 0.1) is 0 Å². The van der Waals surface area contributed by atoms with E-state index in [0.717, 1.165) is 31.0 Å². The molecule has 1 amide bonds. The fourth-order valence-corrected chi connectivity index (χ4v) is 2.75. The van der Waals surface area contributed by atoms with Crippen molar-refractivity contribution < 1.29 is 4.79 Å². The van der Waals surface area contributed by atoms with E-state index in [4.69, 9.17) is 5.73 Å². The van der Waals surface area contributed by atoms with Gasteiger partial charge in [-0.2, -0.15) is 0 Å². The Balaban J connectivity index is 1.97. The number of carbonyl (C=O) groups excluding carboxylic acids is 1. The highest BCUT2D eigenvalue weighted by molar-refractivity contribution is 5.90. The van der Waals surface area contributed by atoms with Crippen molar-refractivity contribution >= 4 is 17.5 Å². The number of likely N-dealkylation sites (N-methyl/N-ethyl adjacent to an activating group) is 1. The van der Waals surface area contributed by atoms with Crippen molar-refractivity contribution in [2.45, 2.75) is 38.1 Å².